The van der Waals surface area contributed by atoms with E-state index < -0.39 is 0 Å². The molecule has 1 aliphatic heterocycles. The number of thiazole rings is 1. The Hall–Kier alpha value is -2.92. The predicted octanol–water partition coefficient (Wildman–Crippen LogP) is 5.11. The number of likely N-dealkylation sites (tertiary alicyclic amines) is 1. The summed E-state index contributed by atoms with van der Waals surface area (Å²) >= 11 is 1.79. The molecule has 2 aromatic heterocycles. The Morgan fingerprint density at radius 2 is 1.64 bits per heavy atom. The zero-order chi connectivity index (χ0) is 18.9. The number of para-hydroxylation sites is 1. The van der Waals surface area contributed by atoms with Crippen molar-refractivity contribution in [3.8, 4) is 5.69 Å². The van der Waals surface area contributed by atoms with E-state index in [-0.39, 0.29) is 5.91 Å². The number of hydrogen-bond acceptors (Lipinski definition) is 3. The number of nitrogens with zero attached hydrogens (tertiary/aromatic N) is 3. The number of amides is 1. The van der Waals surface area contributed by atoms with Crippen LogP contribution >= 0.6 is 11.3 Å². The number of fused-ring (bicyclic) bond motifs is 1. The Morgan fingerprint density at radius 3 is 2.36 bits per heavy atom. The highest BCUT2D eigenvalue weighted by Crippen LogP contribution is 2.34. The van der Waals surface area contributed by atoms with E-state index in [2.05, 4.69) is 18.2 Å². The second-order valence-electron chi connectivity index (χ2n) is 7.22. The van der Waals surface area contributed by atoms with Crippen LogP contribution in [0.4, 0.5) is 0 Å². The Balaban J connectivity index is 1.25. The van der Waals surface area contributed by atoms with Crippen molar-refractivity contribution in [2.75, 3.05) is 13.1 Å². The number of piperidine rings is 1. The van der Waals surface area contributed by atoms with E-state index in [1.54, 1.807) is 11.3 Å². The fraction of sp³-hybridized carbons (Fsp3) is 0.217. The average Bonchev–Trinajstić information content (AvgIpc) is 3.43. The van der Waals surface area contributed by atoms with Gasteiger partial charge in [0.2, 0.25) is 0 Å². The first-order chi connectivity index (χ1) is 13.8. The van der Waals surface area contributed by atoms with Gasteiger partial charge >= 0.3 is 0 Å². The van der Waals surface area contributed by atoms with E-state index in [0.717, 1.165) is 42.7 Å². The minimum Gasteiger partial charge on any atom is -0.339 e. The van der Waals surface area contributed by atoms with Crippen LogP contribution in [0.25, 0.3) is 15.9 Å². The van der Waals surface area contributed by atoms with Crippen LogP contribution in [-0.2, 0) is 0 Å². The van der Waals surface area contributed by atoms with Crippen LogP contribution in [-0.4, -0.2) is 33.4 Å². The van der Waals surface area contributed by atoms with Gasteiger partial charge in [0.1, 0.15) is 0 Å². The molecule has 3 heterocycles. The molecule has 140 valence electrons. The molecule has 1 saturated heterocycles. The summed E-state index contributed by atoms with van der Waals surface area (Å²) < 4.78 is 3.29. The monoisotopic (exact) mass is 387 g/mol. The van der Waals surface area contributed by atoms with Gasteiger partial charge in [-0.15, -0.1) is 11.3 Å². The van der Waals surface area contributed by atoms with Crippen molar-refractivity contribution < 1.29 is 4.79 Å². The zero-order valence-electron chi connectivity index (χ0n) is 15.5. The van der Waals surface area contributed by atoms with Gasteiger partial charge in [0, 0.05) is 42.7 Å². The number of aromatic nitrogens is 2. The molecule has 0 aliphatic carbocycles. The summed E-state index contributed by atoms with van der Waals surface area (Å²) in [5.74, 6) is 0.583. The van der Waals surface area contributed by atoms with Gasteiger partial charge in [-0.05, 0) is 61.4 Å². The highest BCUT2D eigenvalue weighted by Gasteiger charge is 2.26. The Bertz CT molecular complexity index is 1060. The lowest BCUT2D eigenvalue weighted by Gasteiger charge is -2.31. The fourth-order valence-corrected chi connectivity index (χ4v) is 5.00. The summed E-state index contributed by atoms with van der Waals surface area (Å²) in [7, 11) is 0. The maximum absolute atomic E-state index is 12.9. The lowest BCUT2D eigenvalue weighted by molar-refractivity contribution is 0.0713. The van der Waals surface area contributed by atoms with Gasteiger partial charge in [-0.1, -0.05) is 12.1 Å². The van der Waals surface area contributed by atoms with Crippen molar-refractivity contribution in [2.45, 2.75) is 18.8 Å². The molecular formula is C23H21N3OS. The second-order valence-corrected chi connectivity index (χ2v) is 8.29. The highest BCUT2D eigenvalue weighted by atomic mass is 32.1. The van der Waals surface area contributed by atoms with Crippen molar-refractivity contribution in [3.63, 3.8) is 0 Å². The van der Waals surface area contributed by atoms with Crippen LogP contribution in [0.2, 0.25) is 0 Å². The lowest BCUT2D eigenvalue weighted by atomic mass is 9.97. The molecule has 4 aromatic rings. The number of rotatable bonds is 3. The van der Waals surface area contributed by atoms with Crippen LogP contribution in [0.15, 0.2) is 73.1 Å². The zero-order valence-corrected chi connectivity index (χ0v) is 16.3. The first-order valence-electron chi connectivity index (χ1n) is 9.66. The third-order valence-corrected chi connectivity index (χ3v) is 6.66. The summed E-state index contributed by atoms with van der Waals surface area (Å²) in [5, 5.41) is 1.21. The highest BCUT2D eigenvalue weighted by molar-refractivity contribution is 7.18. The first-order valence-corrected chi connectivity index (χ1v) is 10.5. The summed E-state index contributed by atoms with van der Waals surface area (Å²) in [5.41, 5.74) is 2.91. The van der Waals surface area contributed by atoms with Crippen LogP contribution in [0.5, 0.6) is 0 Å². The number of carbonyl (C=O) groups is 1. The van der Waals surface area contributed by atoms with Crippen LogP contribution in [0, 0.1) is 0 Å². The van der Waals surface area contributed by atoms with E-state index in [9.17, 15) is 4.79 Å². The molecule has 1 fully saturated rings. The molecule has 0 N–H and O–H groups in total. The largest absolute Gasteiger partial charge is 0.339 e. The van der Waals surface area contributed by atoms with Gasteiger partial charge in [0.15, 0.2) is 0 Å². The maximum atomic E-state index is 12.9. The Kier molecular flexibility index (Phi) is 4.45. The molecule has 0 atom stereocenters. The third kappa shape index (κ3) is 3.22. The van der Waals surface area contributed by atoms with Crippen LogP contribution in [0.3, 0.4) is 0 Å². The Labute approximate surface area is 168 Å². The lowest BCUT2D eigenvalue weighted by Crippen LogP contribution is -2.37. The number of carbonyl (C=O) groups excluding carboxylic acids is 1. The molecule has 4 nitrogen and oxygen atoms in total. The molecule has 0 unspecified atom stereocenters. The van der Waals surface area contributed by atoms with E-state index in [1.807, 2.05) is 64.3 Å². The topological polar surface area (TPSA) is 38.1 Å². The molecule has 5 heteroatoms. The summed E-state index contributed by atoms with van der Waals surface area (Å²) in [6, 6.07) is 20.2. The van der Waals surface area contributed by atoms with Gasteiger partial charge in [-0.3, -0.25) is 4.79 Å². The molecule has 5 rings (SSSR count). The average molecular weight is 388 g/mol. The summed E-state index contributed by atoms with van der Waals surface area (Å²) in [6.45, 7) is 1.58. The standard InChI is InChI=1S/C23H21N3OS/c27-23(18-7-9-19(10-8-18)25-13-3-4-14-25)26-15-11-17(12-16-26)22-24-20-5-1-2-6-21(20)28-22/h1-10,13-14,17H,11-12,15-16H2. The molecule has 2 aromatic carbocycles. The van der Waals surface area contributed by atoms with E-state index in [0.29, 0.717) is 5.92 Å². The summed E-state index contributed by atoms with van der Waals surface area (Å²) in [4.78, 5) is 19.7. The summed E-state index contributed by atoms with van der Waals surface area (Å²) in [6.07, 6.45) is 5.97. The SMILES string of the molecule is O=C(c1ccc(-n2cccc2)cc1)N1CCC(c2nc3ccccc3s2)CC1. The van der Waals surface area contributed by atoms with Crippen LogP contribution < -0.4 is 0 Å². The molecule has 0 saturated carbocycles. The van der Waals surface area contributed by atoms with Gasteiger partial charge < -0.3 is 9.47 Å². The quantitative estimate of drug-likeness (QED) is 0.490. The first kappa shape index (κ1) is 17.2. The normalized spacial score (nSPS) is 15.2. The molecule has 1 amide bonds. The van der Waals surface area contributed by atoms with Gasteiger partial charge in [-0.25, -0.2) is 4.98 Å². The predicted molar refractivity (Wildman–Crippen MR) is 113 cm³/mol. The van der Waals surface area contributed by atoms with Crippen molar-refractivity contribution in [1.29, 1.82) is 0 Å². The van der Waals surface area contributed by atoms with E-state index in [4.69, 9.17) is 4.98 Å². The number of benzene rings is 2. The van der Waals surface area contributed by atoms with E-state index >= 15 is 0 Å². The second kappa shape index (κ2) is 7.24. The van der Waals surface area contributed by atoms with Gasteiger partial charge in [0.05, 0.1) is 15.2 Å². The van der Waals surface area contributed by atoms with E-state index in [1.165, 1.54) is 9.71 Å². The maximum Gasteiger partial charge on any atom is 0.253 e. The van der Waals surface area contributed by atoms with Crippen molar-refractivity contribution >= 4 is 27.5 Å². The fourth-order valence-electron chi connectivity index (χ4n) is 3.86. The molecule has 1 aliphatic rings. The third-order valence-electron chi connectivity index (χ3n) is 5.46. The van der Waals surface area contributed by atoms with Gasteiger partial charge in [0.25, 0.3) is 5.91 Å². The minimum atomic E-state index is 0.127. The van der Waals surface area contributed by atoms with Crippen molar-refractivity contribution in [2.24, 2.45) is 0 Å². The number of hydrogen-bond donors (Lipinski definition) is 0. The minimum absolute atomic E-state index is 0.127. The van der Waals surface area contributed by atoms with Crippen LogP contribution in [0.1, 0.15) is 34.1 Å². The van der Waals surface area contributed by atoms with Gasteiger partial charge in [-0.2, -0.15) is 0 Å². The smallest absolute Gasteiger partial charge is 0.253 e. The van der Waals surface area contributed by atoms with Crippen molar-refractivity contribution in [1.82, 2.24) is 14.5 Å². The van der Waals surface area contributed by atoms with Crippen molar-refractivity contribution in [3.05, 3.63) is 83.6 Å². The molecule has 0 bridgehead atoms. The molecule has 0 radical (unpaired) electrons. The molecule has 0 spiro atoms. The Morgan fingerprint density at radius 1 is 0.929 bits per heavy atom. The molecular weight excluding hydrogens is 366 g/mol. The molecule has 28 heavy (non-hydrogen) atoms.